The van der Waals surface area contributed by atoms with Gasteiger partial charge in [0.05, 0.1) is 7.11 Å². The smallest absolute Gasteiger partial charge is 0.322 e. The van der Waals surface area contributed by atoms with Crippen molar-refractivity contribution in [3.63, 3.8) is 0 Å². The molecule has 0 aromatic carbocycles. The fourth-order valence-electron chi connectivity index (χ4n) is 0.850. The first-order valence-electron chi connectivity index (χ1n) is 3.72. The number of rotatable bonds is 4. The molecule has 4 heteroatoms. The van der Waals surface area contributed by atoms with Gasteiger partial charge in [0, 0.05) is 5.41 Å². The topological polar surface area (TPSA) is 69.4 Å². The lowest BCUT2D eigenvalue weighted by molar-refractivity contribution is -0.143. The molecule has 12 heavy (non-hydrogen) atoms. The first kappa shape index (κ1) is 11.1. The van der Waals surface area contributed by atoms with Gasteiger partial charge in [-0.05, 0) is 6.42 Å². The largest absolute Gasteiger partial charge is 0.468 e. The Morgan fingerprint density at radius 3 is 2.50 bits per heavy atom. The van der Waals surface area contributed by atoms with Crippen LogP contribution in [0.2, 0.25) is 0 Å². The van der Waals surface area contributed by atoms with Crippen LogP contribution in [0, 0.1) is 5.41 Å². The van der Waals surface area contributed by atoms with E-state index >= 15 is 0 Å². The zero-order valence-corrected chi connectivity index (χ0v) is 7.66. The van der Waals surface area contributed by atoms with Crippen LogP contribution in [0.1, 0.15) is 20.3 Å². The maximum absolute atomic E-state index is 10.8. The maximum Gasteiger partial charge on any atom is 0.322 e. The Morgan fingerprint density at radius 2 is 2.17 bits per heavy atom. The van der Waals surface area contributed by atoms with Crippen molar-refractivity contribution in [2.45, 2.75) is 26.3 Å². The molecule has 0 saturated carbocycles. The predicted octanol–water partition coefficient (Wildman–Crippen LogP) is 0.102. The highest BCUT2D eigenvalue weighted by molar-refractivity contribution is 5.76. The van der Waals surface area contributed by atoms with E-state index in [1.54, 1.807) is 13.8 Å². The van der Waals surface area contributed by atoms with Gasteiger partial charge in [-0.3, -0.25) is 4.79 Å². The first-order chi connectivity index (χ1) is 5.43. The van der Waals surface area contributed by atoms with E-state index < -0.39 is 17.4 Å². The highest BCUT2D eigenvalue weighted by Gasteiger charge is 2.25. The summed E-state index contributed by atoms with van der Waals surface area (Å²) in [6.45, 7) is 3.45. The molecule has 0 fully saturated rings. The van der Waals surface area contributed by atoms with E-state index in [0.717, 1.165) is 6.29 Å². The molecule has 0 amide bonds. The van der Waals surface area contributed by atoms with E-state index in [-0.39, 0.29) is 0 Å². The molecule has 2 N–H and O–H groups in total. The molecule has 4 nitrogen and oxygen atoms in total. The van der Waals surface area contributed by atoms with Gasteiger partial charge in [0.1, 0.15) is 12.3 Å². The van der Waals surface area contributed by atoms with E-state index in [1.807, 2.05) is 0 Å². The molecule has 0 aromatic heterocycles. The van der Waals surface area contributed by atoms with Crippen molar-refractivity contribution < 1.29 is 14.3 Å². The fraction of sp³-hybridized carbons (Fsp3) is 0.750. The number of ether oxygens (including phenoxy) is 1. The average molecular weight is 173 g/mol. The summed E-state index contributed by atoms with van der Waals surface area (Å²) in [5.74, 6) is -0.482. The minimum Gasteiger partial charge on any atom is -0.468 e. The minimum atomic E-state index is -0.713. The van der Waals surface area contributed by atoms with E-state index in [4.69, 9.17) is 5.73 Å². The van der Waals surface area contributed by atoms with Crippen molar-refractivity contribution >= 4 is 12.3 Å². The van der Waals surface area contributed by atoms with Crippen LogP contribution in [0.25, 0.3) is 0 Å². The van der Waals surface area contributed by atoms with Gasteiger partial charge >= 0.3 is 5.97 Å². The Hall–Kier alpha value is -0.900. The Morgan fingerprint density at radius 1 is 1.67 bits per heavy atom. The van der Waals surface area contributed by atoms with Crippen LogP contribution >= 0.6 is 0 Å². The minimum absolute atomic E-state index is 0.309. The van der Waals surface area contributed by atoms with Crippen molar-refractivity contribution in [2.24, 2.45) is 11.1 Å². The van der Waals surface area contributed by atoms with Crippen molar-refractivity contribution in [3.8, 4) is 0 Å². The summed E-state index contributed by atoms with van der Waals surface area (Å²) >= 11 is 0. The van der Waals surface area contributed by atoms with E-state index in [2.05, 4.69) is 4.74 Å². The van der Waals surface area contributed by atoms with E-state index in [1.165, 1.54) is 7.11 Å². The van der Waals surface area contributed by atoms with Crippen LogP contribution < -0.4 is 5.73 Å². The van der Waals surface area contributed by atoms with Crippen LogP contribution in [0.3, 0.4) is 0 Å². The van der Waals surface area contributed by atoms with Gasteiger partial charge in [-0.2, -0.15) is 0 Å². The molecule has 0 radical (unpaired) electrons. The number of hydrogen-bond acceptors (Lipinski definition) is 4. The molecule has 0 rings (SSSR count). The van der Waals surface area contributed by atoms with Crippen LogP contribution in [0.15, 0.2) is 0 Å². The molecule has 0 saturated heterocycles. The van der Waals surface area contributed by atoms with Gasteiger partial charge in [0.15, 0.2) is 0 Å². The van der Waals surface area contributed by atoms with Crippen molar-refractivity contribution in [2.75, 3.05) is 7.11 Å². The lowest BCUT2D eigenvalue weighted by atomic mass is 9.88. The summed E-state index contributed by atoms with van der Waals surface area (Å²) in [6.07, 6.45) is 1.10. The first-order valence-corrected chi connectivity index (χ1v) is 3.72. The van der Waals surface area contributed by atoms with Crippen LogP contribution in [-0.2, 0) is 14.3 Å². The molecule has 0 bridgehead atoms. The molecule has 0 aliphatic carbocycles. The molecule has 0 aliphatic heterocycles. The number of methoxy groups -OCH3 is 1. The fourth-order valence-corrected chi connectivity index (χ4v) is 0.850. The van der Waals surface area contributed by atoms with Gasteiger partial charge in [-0.1, -0.05) is 13.8 Å². The Balaban J connectivity index is 4.08. The highest BCUT2D eigenvalue weighted by Crippen LogP contribution is 2.18. The van der Waals surface area contributed by atoms with E-state index in [0.29, 0.717) is 6.42 Å². The van der Waals surface area contributed by atoms with E-state index in [9.17, 15) is 9.59 Å². The second kappa shape index (κ2) is 4.21. The average Bonchev–Trinajstić information content (AvgIpc) is 2.02. The summed E-state index contributed by atoms with van der Waals surface area (Å²) in [7, 11) is 1.27. The second-order valence-corrected chi connectivity index (χ2v) is 3.44. The summed E-state index contributed by atoms with van der Waals surface area (Å²) in [5, 5.41) is 0. The van der Waals surface area contributed by atoms with Gasteiger partial charge in [0.25, 0.3) is 0 Å². The normalized spacial score (nSPS) is 13.7. The quantitative estimate of drug-likeness (QED) is 0.483. The summed E-state index contributed by atoms with van der Waals surface area (Å²) in [4.78, 5) is 21.3. The van der Waals surface area contributed by atoms with Crippen molar-refractivity contribution in [3.05, 3.63) is 0 Å². The van der Waals surface area contributed by atoms with Gasteiger partial charge < -0.3 is 15.3 Å². The Bertz CT molecular complexity index is 177. The SMILES string of the molecule is COC(=O)C(N)CC(C)(C)C=O. The predicted molar refractivity (Wildman–Crippen MR) is 44.5 cm³/mol. The van der Waals surface area contributed by atoms with Crippen LogP contribution in [-0.4, -0.2) is 25.4 Å². The highest BCUT2D eigenvalue weighted by atomic mass is 16.5. The molecule has 0 spiro atoms. The van der Waals surface area contributed by atoms with Crippen LogP contribution in [0.4, 0.5) is 0 Å². The zero-order valence-electron chi connectivity index (χ0n) is 7.66. The van der Waals surface area contributed by atoms with Crippen molar-refractivity contribution in [1.29, 1.82) is 0 Å². The molecular weight excluding hydrogens is 158 g/mol. The Labute approximate surface area is 72.1 Å². The molecule has 1 atom stereocenters. The number of carbonyl (C=O) groups excluding carboxylic acids is 2. The molecule has 0 aromatic rings. The molecule has 0 aliphatic rings. The third-order valence-corrected chi connectivity index (χ3v) is 1.57. The lowest BCUT2D eigenvalue weighted by Gasteiger charge is -2.19. The Kier molecular flexibility index (Phi) is 3.89. The number of esters is 1. The summed E-state index contributed by atoms with van der Waals surface area (Å²) < 4.78 is 4.42. The third-order valence-electron chi connectivity index (χ3n) is 1.57. The molecule has 0 heterocycles. The second-order valence-electron chi connectivity index (χ2n) is 3.44. The summed E-state index contributed by atoms with van der Waals surface area (Å²) in [5.41, 5.74) is 4.89. The number of carbonyl (C=O) groups is 2. The molecule has 1 unspecified atom stereocenters. The van der Waals surface area contributed by atoms with Gasteiger partial charge in [-0.25, -0.2) is 0 Å². The standard InChI is InChI=1S/C8H15NO3/c1-8(2,5-10)4-6(9)7(11)12-3/h5-6H,4,9H2,1-3H3. The number of aldehydes is 1. The van der Waals surface area contributed by atoms with Gasteiger partial charge in [-0.15, -0.1) is 0 Å². The van der Waals surface area contributed by atoms with Crippen molar-refractivity contribution in [1.82, 2.24) is 0 Å². The third kappa shape index (κ3) is 3.48. The monoisotopic (exact) mass is 173 g/mol. The lowest BCUT2D eigenvalue weighted by Crippen LogP contribution is -2.36. The number of nitrogens with two attached hydrogens (primary N) is 1. The van der Waals surface area contributed by atoms with Gasteiger partial charge in [0.2, 0.25) is 0 Å². The van der Waals surface area contributed by atoms with Crippen LogP contribution in [0.5, 0.6) is 0 Å². The summed E-state index contributed by atoms with van der Waals surface area (Å²) in [6, 6.07) is -0.713. The number of hydrogen-bond donors (Lipinski definition) is 1. The molecular formula is C8H15NO3. The molecule has 70 valence electrons. The zero-order chi connectivity index (χ0) is 9.78. The maximum atomic E-state index is 10.8.